The molecule has 2 atom stereocenters. The Balaban J connectivity index is 2.25. The Morgan fingerprint density at radius 2 is 2.15 bits per heavy atom. The first-order valence-electron chi connectivity index (χ1n) is 6.60. The van der Waals surface area contributed by atoms with E-state index in [0.717, 1.165) is 12.8 Å². The number of nitrogens with zero attached hydrogens (tertiary/aromatic N) is 3. The number of anilines is 1. The van der Waals surface area contributed by atoms with E-state index in [2.05, 4.69) is 15.5 Å². The van der Waals surface area contributed by atoms with Gasteiger partial charge in [-0.3, -0.25) is 4.79 Å². The molecule has 108 valence electrons. The second kappa shape index (κ2) is 5.85. The van der Waals surface area contributed by atoms with Crippen molar-refractivity contribution in [3.05, 3.63) is 17.8 Å². The maximum Gasteiger partial charge on any atom is 0.326 e. The van der Waals surface area contributed by atoms with E-state index in [-0.39, 0.29) is 17.5 Å². The monoisotopic (exact) mass is 278 g/mol. The van der Waals surface area contributed by atoms with Gasteiger partial charge >= 0.3 is 5.97 Å². The molecule has 0 radical (unpaired) electrons. The van der Waals surface area contributed by atoms with Gasteiger partial charge in [-0.05, 0) is 30.9 Å². The van der Waals surface area contributed by atoms with Crippen molar-refractivity contribution in [2.24, 2.45) is 5.92 Å². The topological polar surface area (TPSA) is 95.4 Å². The molecule has 0 saturated carbocycles. The number of carbonyl (C=O) groups is 2. The summed E-state index contributed by atoms with van der Waals surface area (Å²) in [5, 5.41) is 19.7. The standard InChI is InChI=1S/C13H18N4O3/c1-8-4-3-7-17(11(8)13(19)20)10-6-5-9(15-16-10)12(18)14-2/h5-6,8,11H,3-4,7H2,1-2H3,(H,14,18)(H,19,20). The van der Waals surface area contributed by atoms with E-state index in [4.69, 9.17) is 0 Å². The van der Waals surface area contributed by atoms with Crippen LogP contribution in [0.15, 0.2) is 12.1 Å². The van der Waals surface area contributed by atoms with Gasteiger partial charge < -0.3 is 15.3 Å². The van der Waals surface area contributed by atoms with Crippen molar-refractivity contribution in [1.29, 1.82) is 0 Å². The first-order valence-corrected chi connectivity index (χ1v) is 6.60. The summed E-state index contributed by atoms with van der Waals surface area (Å²) in [6.07, 6.45) is 1.81. The molecule has 1 aliphatic rings. The van der Waals surface area contributed by atoms with Crippen LogP contribution in [0.5, 0.6) is 0 Å². The van der Waals surface area contributed by atoms with Crippen LogP contribution in [-0.4, -0.2) is 46.8 Å². The molecule has 7 nitrogen and oxygen atoms in total. The Morgan fingerprint density at radius 1 is 1.40 bits per heavy atom. The molecule has 0 aromatic carbocycles. The Hall–Kier alpha value is -2.18. The number of carbonyl (C=O) groups excluding carboxylic acids is 1. The van der Waals surface area contributed by atoms with Crippen molar-refractivity contribution in [3.63, 3.8) is 0 Å². The maximum atomic E-state index is 11.4. The number of amides is 1. The lowest BCUT2D eigenvalue weighted by molar-refractivity contribution is -0.140. The van der Waals surface area contributed by atoms with Gasteiger partial charge in [-0.2, -0.15) is 0 Å². The van der Waals surface area contributed by atoms with E-state index >= 15 is 0 Å². The van der Waals surface area contributed by atoms with Crippen LogP contribution in [0.1, 0.15) is 30.3 Å². The largest absolute Gasteiger partial charge is 0.480 e. The van der Waals surface area contributed by atoms with Gasteiger partial charge in [-0.25, -0.2) is 4.79 Å². The molecule has 0 aliphatic carbocycles. The van der Waals surface area contributed by atoms with Crippen LogP contribution >= 0.6 is 0 Å². The molecule has 2 rings (SSSR count). The summed E-state index contributed by atoms with van der Waals surface area (Å²) in [7, 11) is 1.52. The van der Waals surface area contributed by atoms with E-state index in [1.807, 2.05) is 6.92 Å². The summed E-state index contributed by atoms with van der Waals surface area (Å²) >= 11 is 0. The molecule has 1 aromatic heterocycles. The van der Waals surface area contributed by atoms with Crippen molar-refractivity contribution in [1.82, 2.24) is 15.5 Å². The van der Waals surface area contributed by atoms with E-state index in [9.17, 15) is 14.7 Å². The minimum atomic E-state index is -0.852. The van der Waals surface area contributed by atoms with Crippen LogP contribution < -0.4 is 10.2 Å². The molecule has 1 saturated heterocycles. The fourth-order valence-corrected chi connectivity index (χ4v) is 2.55. The number of nitrogens with one attached hydrogen (secondary N) is 1. The predicted molar refractivity (Wildman–Crippen MR) is 72.6 cm³/mol. The molecule has 20 heavy (non-hydrogen) atoms. The normalized spacial score (nSPS) is 22.4. The quantitative estimate of drug-likeness (QED) is 0.837. The van der Waals surface area contributed by atoms with Crippen molar-refractivity contribution >= 4 is 17.7 Å². The summed E-state index contributed by atoms with van der Waals surface area (Å²) < 4.78 is 0. The van der Waals surface area contributed by atoms with Gasteiger partial charge in [0.05, 0.1) is 0 Å². The zero-order valence-corrected chi connectivity index (χ0v) is 11.5. The highest BCUT2D eigenvalue weighted by Gasteiger charge is 2.35. The Morgan fingerprint density at radius 3 is 2.70 bits per heavy atom. The van der Waals surface area contributed by atoms with Gasteiger partial charge in [0.25, 0.3) is 5.91 Å². The van der Waals surface area contributed by atoms with Gasteiger partial charge in [0.15, 0.2) is 11.5 Å². The first-order chi connectivity index (χ1) is 9.54. The van der Waals surface area contributed by atoms with Gasteiger partial charge in [-0.1, -0.05) is 6.92 Å². The molecule has 0 spiro atoms. The minimum absolute atomic E-state index is 0.0571. The zero-order chi connectivity index (χ0) is 14.7. The van der Waals surface area contributed by atoms with Gasteiger partial charge in [-0.15, -0.1) is 10.2 Å². The van der Waals surface area contributed by atoms with Gasteiger partial charge in [0, 0.05) is 13.6 Å². The van der Waals surface area contributed by atoms with Crippen LogP contribution in [0, 0.1) is 5.92 Å². The Bertz CT molecular complexity index is 503. The van der Waals surface area contributed by atoms with E-state index in [1.165, 1.54) is 7.05 Å². The fraction of sp³-hybridized carbons (Fsp3) is 0.538. The third-order valence-corrected chi connectivity index (χ3v) is 3.59. The summed E-state index contributed by atoms with van der Waals surface area (Å²) in [6.45, 7) is 2.56. The van der Waals surface area contributed by atoms with Gasteiger partial charge in [0.2, 0.25) is 0 Å². The number of rotatable bonds is 3. The number of hydrogen-bond donors (Lipinski definition) is 2. The van der Waals surface area contributed by atoms with E-state index in [0.29, 0.717) is 12.4 Å². The van der Waals surface area contributed by atoms with Crippen LogP contribution in [0.2, 0.25) is 0 Å². The van der Waals surface area contributed by atoms with Crippen LogP contribution in [0.3, 0.4) is 0 Å². The number of carboxylic acids is 1. The molecule has 1 aliphatic heterocycles. The second-order valence-corrected chi connectivity index (χ2v) is 4.95. The van der Waals surface area contributed by atoms with Crippen molar-refractivity contribution in [2.45, 2.75) is 25.8 Å². The highest BCUT2D eigenvalue weighted by Crippen LogP contribution is 2.27. The minimum Gasteiger partial charge on any atom is -0.480 e. The summed E-state index contributed by atoms with van der Waals surface area (Å²) in [4.78, 5) is 24.6. The summed E-state index contributed by atoms with van der Waals surface area (Å²) in [6, 6.07) is 2.61. The maximum absolute atomic E-state index is 11.4. The summed E-state index contributed by atoms with van der Waals surface area (Å²) in [5.41, 5.74) is 0.216. The fourth-order valence-electron chi connectivity index (χ4n) is 2.55. The third kappa shape index (κ3) is 2.71. The van der Waals surface area contributed by atoms with Crippen molar-refractivity contribution in [3.8, 4) is 0 Å². The first kappa shape index (κ1) is 14.2. The van der Waals surface area contributed by atoms with Gasteiger partial charge in [0.1, 0.15) is 6.04 Å². The number of aromatic nitrogens is 2. The molecule has 2 N–H and O–H groups in total. The Kier molecular flexibility index (Phi) is 4.16. The number of carboxylic acid groups (broad SMARTS) is 1. The lowest BCUT2D eigenvalue weighted by atomic mass is 9.91. The van der Waals surface area contributed by atoms with E-state index in [1.54, 1.807) is 17.0 Å². The number of hydrogen-bond acceptors (Lipinski definition) is 5. The lowest BCUT2D eigenvalue weighted by Crippen LogP contribution is -2.49. The predicted octanol–water partition coefficient (Wildman–Crippen LogP) is 0.526. The summed E-state index contributed by atoms with van der Waals surface area (Å²) in [5.74, 6) is -0.613. The molecule has 2 unspecified atom stereocenters. The highest BCUT2D eigenvalue weighted by atomic mass is 16.4. The zero-order valence-electron chi connectivity index (χ0n) is 11.5. The number of aliphatic carboxylic acids is 1. The SMILES string of the molecule is CNC(=O)c1ccc(N2CCCC(C)C2C(=O)O)nn1. The third-order valence-electron chi connectivity index (χ3n) is 3.59. The highest BCUT2D eigenvalue weighted by molar-refractivity contribution is 5.92. The van der Waals surface area contributed by atoms with Crippen LogP contribution in [0.4, 0.5) is 5.82 Å². The Labute approximate surface area is 117 Å². The van der Waals surface area contributed by atoms with Crippen LogP contribution in [0.25, 0.3) is 0 Å². The lowest BCUT2D eigenvalue weighted by Gasteiger charge is -2.37. The number of piperidine rings is 1. The molecule has 1 fully saturated rings. The average Bonchev–Trinajstić information content (AvgIpc) is 2.46. The molecular formula is C13H18N4O3. The molecular weight excluding hydrogens is 260 g/mol. The van der Waals surface area contributed by atoms with Crippen LogP contribution in [-0.2, 0) is 4.79 Å². The second-order valence-electron chi connectivity index (χ2n) is 4.95. The molecule has 1 aromatic rings. The molecule has 0 bridgehead atoms. The molecule has 1 amide bonds. The average molecular weight is 278 g/mol. The van der Waals surface area contributed by atoms with Crippen molar-refractivity contribution < 1.29 is 14.7 Å². The molecule has 7 heteroatoms. The smallest absolute Gasteiger partial charge is 0.326 e. The van der Waals surface area contributed by atoms with Crippen molar-refractivity contribution in [2.75, 3.05) is 18.5 Å². The van der Waals surface area contributed by atoms with E-state index < -0.39 is 12.0 Å². The molecule has 2 heterocycles.